The predicted octanol–water partition coefficient (Wildman–Crippen LogP) is 2.10. The van der Waals surface area contributed by atoms with Gasteiger partial charge in [-0.25, -0.2) is 14.4 Å². The lowest BCUT2D eigenvalue weighted by Crippen LogP contribution is -2.59. The summed E-state index contributed by atoms with van der Waals surface area (Å²) in [5, 5.41) is 0. The summed E-state index contributed by atoms with van der Waals surface area (Å²) < 4.78 is 14.3. The molecule has 2 aliphatic heterocycles. The van der Waals surface area contributed by atoms with Crippen molar-refractivity contribution in [1.29, 1.82) is 0 Å². The van der Waals surface area contributed by atoms with Gasteiger partial charge in [-0.2, -0.15) is 0 Å². The number of fused-ring (bicyclic) bond motifs is 1. The Kier molecular flexibility index (Phi) is 3.32. The largest absolute Gasteiger partial charge is 0.351 e. The van der Waals surface area contributed by atoms with E-state index in [2.05, 4.69) is 19.8 Å². The van der Waals surface area contributed by atoms with Gasteiger partial charge in [-0.3, -0.25) is 4.90 Å². The number of aromatic nitrogens is 2. The number of likely N-dealkylation sites (tertiary alicyclic amines) is 1. The molecule has 114 valence electrons. The summed E-state index contributed by atoms with van der Waals surface area (Å²) in [4.78, 5) is 12.9. The molecule has 3 heterocycles. The van der Waals surface area contributed by atoms with Gasteiger partial charge in [-0.05, 0) is 31.1 Å². The number of hydrogen-bond donors (Lipinski definition) is 0. The van der Waals surface area contributed by atoms with Gasteiger partial charge < -0.3 is 4.90 Å². The molecule has 1 saturated carbocycles. The predicted molar refractivity (Wildman–Crippen MR) is 79.8 cm³/mol. The fourth-order valence-electron chi connectivity index (χ4n) is 4.29. The highest BCUT2D eigenvalue weighted by molar-refractivity contribution is 5.44. The van der Waals surface area contributed by atoms with E-state index in [1.807, 2.05) is 6.92 Å². The highest BCUT2D eigenvalue weighted by atomic mass is 19.1. The van der Waals surface area contributed by atoms with E-state index in [4.69, 9.17) is 0 Å². The van der Waals surface area contributed by atoms with Crippen LogP contribution in [0.5, 0.6) is 0 Å². The Hall–Kier alpha value is -1.23. The maximum absolute atomic E-state index is 14.3. The topological polar surface area (TPSA) is 32.3 Å². The van der Waals surface area contributed by atoms with Gasteiger partial charge >= 0.3 is 0 Å². The zero-order chi connectivity index (χ0) is 14.4. The highest BCUT2D eigenvalue weighted by Crippen LogP contribution is 2.39. The van der Waals surface area contributed by atoms with Crippen molar-refractivity contribution in [3.05, 3.63) is 17.8 Å². The third-order valence-electron chi connectivity index (χ3n) is 5.61. The molecule has 21 heavy (non-hydrogen) atoms. The molecule has 0 bridgehead atoms. The first-order valence-corrected chi connectivity index (χ1v) is 8.24. The van der Waals surface area contributed by atoms with Gasteiger partial charge in [0.1, 0.15) is 6.33 Å². The monoisotopic (exact) mass is 290 g/mol. The summed E-state index contributed by atoms with van der Waals surface area (Å²) in [6.45, 7) is 6.27. The number of nitrogens with zero attached hydrogens (tertiary/aromatic N) is 4. The molecule has 3 aliphatic rings. The van der Waals surface area contributed by atoms with E-state index in [9.17, 15) is 4.39 Å². The molecule has 4 nitrogen and oxygen atoms in total. The molecule has 4 rings (SSSR count). The van der Waals surface area contributed by atoms with Gasteiger partial charge in [0.15, 0.2) is 11.6 Å². The van der Waals surface area contributed by atoms with Crippen LogP contribution in [0.15, 0.2) is 6.33 Å². The van der Waals surface area contributed by atoms with Gasteiger partial charge in [0.05, 0.1) is 5.69 Å². The van der Waals surface area contributed by atoms with Gasteiger partial charge in [0.2, 0.25) is 0 Å². The van der Waals surface area contributed by atoms with Crippen LogP contribution in [0.2, 0.25) is 0 Å². The fourth-order valence-corrected chi connectivity index (χ4v) is 4.29. The highest BCUT2D eigenvalue weighted by Gasteiger charge is 2.42. The molecule has 2 atom stereocenters. The summed E-state index contributed by atoms with van der Waals surface area (Å²) >= 11 is 0. The van der Waals surface area contributed by atoms with Gasteiger partial charge in [0.25, 0.3) is 0 Å². The van der Waals surface area contributed by atoms with Crippen molar-refractivity contribution in [2.45, 2.75) is 38.6 Å². The van der Waals surface area contributed by atoms with Crippen molar-refractivity contribution in [1.82, 2.24) is 14.9 Å². The van der Waals surface area contributed by atoms with E-state index in [1.54, 1.807) is 0 Å². The molecule has 0 spiro atoms. The first-order valence-electron chi connectivity index (χ1n) is 8.24. The van der Waals surface area contributed by atoms with E-state index in [-0.39, 0.29) is 5.82 Å². The summed E-state index contributed by atoms with van der Waals surface area (Å²) in [5.41, 5.74) is 0.527. The lowest BCUT2D eigenvalue weighted by Gasteiger charge is -2.45. The lowest BCUT2D eigenvalue weighted by molar-refractivity contribution is 0.189. The number of rotatable bonds is 3. The molecule has 1 aromatic heterocycles. The fraction of sp³-hybridized carbons (Fsp3) is 0.750. The second-order valence-electron chi connectivity index (χ2n) is 6.78. The van der Waals surface area contributed by atoms with Gasteiger partial charge in [-0.1, -0.05) is 13.3 Å². The SMILES string of the molecule is CCc1ncnc(N2CC(N3CC4CCCC4C3)C2)c1F. The minimum absolute atomic E-state index is 0.225. The molecular weight excluding hydrogens is 267 g/mol. The van der Waals surface area contributed by atoms with Crippen LogP contribution in [0.4, 0.5) is 10.2 Å². The van der Waals surface area contributed by atoms with Crippen molar-refractivity contribution in [2.75, 3.05) is 31.1 Å². The van der Waals surface area contributed by atoms with Crippen LogP contribution in [-0.4, -0.2) is 47.1 Å². The Morgan fingerprint density at radius 2 is 1.86 bits per heavy atom. The molecule has 2 saturated heterocycles. The standard InChI is InChI=1S/C16H23FN4/c1-2-14-15(17)16(19-10-18-14)21-8-13(9-21)20-6-11-4-3-5-12(11)7-20/h10-13H,2-9H2,1H3. The number of hydrogen-bond acceptors (Lipinski definition) is 4. The first-order chi connectivity index (χ1) is 10.3. The summed E-state index contributed by atoms with van der Waals surface area (Å²) in [6.07, 6.45) is 6.36. The second kappa shape index (κ2) is 5.20. The van der Waals surface area contributed by atoms with Crippen LogP contribution >= 0.6 is 0 Å². The van der Waals surface area contributed by atoms with Crippen LogP contribution in [-0.2, 0) is 6.42 Å². The van der Waals surface area contributed by atoms with Gasteiger partial charge in [-0.15, -0.1) is 0 Å². The van der Waals surface area contributed by atoms with E-state index in [0.29, 0.717) is 24.0 Å². The molecule has 0 radical (unpaired) electrons. The van der Waals surface area contributed by atoms with Crippen molar-refractivity contribution in [2.24, 2.45) is 11.8 Å². The number of aryl methyl sites for hydroxylation is 1. The van der Waals surface area contributed by atoms with E-state index < -0.39 is 0 Å². The zero-order valence-electron chi connectivity index (χ0n) is 12.6. The normalized spacial score (nSPS) is 29.7. The third-order valence-corrected chi connectivity index (χ3v) is 5.61. The Morgan fingerprint density at radius 1 is 1.14 bits per heavy atom. The molecule has 0 aromatic carbocycles. The minimum Gasteiger partial charge on any atom is -0.351 e. The molecule has 2 unspecified atom stereocenters. The smallest absolute Gasteiger partial charge is 0.187 e. The molecule has 3 fully saturated rings. The second-order valence-corrected chi connectivity index (χ2v) is 6.78. The minimum atomic E-state index is -0.225. The van der Waals surface area contributed by atoms with Crippen LogP contribution in [0.3, 0.4) is 0 Å². The molecular formula is C16H23FN4. The Bertz CT molecular complexity index is 517. The molecule has 1 aromatic rings. The average molecular weight is 290 g/mol. The average Bonchev–Trinajstić information content (AvgIpc) is 3.00. The summed E-state index contributed by atoms with van der Waals surface area (Å²) in [5.74, 6) is 2.14. The maximum atomic E-state index is 14.3. The zero-order valence-corrected chi connectivity index (χ0v) is 12.6. The Morgan fingerprint density at radius 3 is 2.52 bits per heavy atom. The van der Waals surface area contributed by atoms with Gasteiger partial charge in [0, 0.05) is 32.2 Å². The summed E-state index contributed by atoms with van der Waals surface area (Å²) in [6, 6.07) is 0.593. The van der Waals surface area contributed by atoms with Crippen molar-refractivity contribution in [3.63, 3.8) is 0 Å². The van der Waals surface area contributed by atoms with Crippen LogP contribution in [0.1, 0.15) is 31.9 Å². The molecule has 0 amide bonds. The van der Waals surface area contributed by atoms with Crippen LogP contribution in [0.25, 0.3) is 0 Å². The van der Waals surface area contributed by atoms with E-state index in [1.165, 1.54) is 38.7 Å². The van der Waals surface area contributed by atoms with Crippen LogP contribution < -0.4 is 4.90 Å². The van der Waals surface area contributed by atoms with E-state index in [0.717, 1.165) is 24.9 Å². The van der Waals surface area contributed by atoms with Crippen molar-refractivity contribution >= 4 is 5.82 Å². The number of halogens is 1. The molecule has 5 heteroatoms. The molecule has 1 aliphatic carbocycles. The Balaban J connectivity index is 1.39. The quantitative estimate of drug-likeness (QED) is 0.853. The maximum Gasteiger partial charge on any atom is 0.187 e. The third kappa shape index (κ3) is 2.22. The summed E-state index contributed by atoms with van der Waals surface area (Å²) in [7, 11) is 0. The van der Waals surface area contributed by atoms with E-state index >= 15 is 0 Å². The first kappa shape index (κ1) is 13.4. The lowest BCUT2D eigenvalue weighted by atomic mass is 10.0. The van der Waals surface area contributed by atoms with Crippen molar-refractivity contribution in [3.8, 4) is 0 Å². The Labute approximate surface area is 125 Å². The van der Waals surface area contributed by atoms with Crippen molar-refractivity contribution < 1.29 is 4.39 Å². The number of anilines is 1. The molecule has 0 N–H and O–H groups in total. The van der Waals surface area contributed by atoms with Crippen LogP contribution in [0, 0.1) is 17.7 Å².